The molecule has 0 rings (SSSR count). The standard InChI is InChI=1S/2BP/c2*1-2. The van der Waals surface area contributed by atoms with Crippen LogP contribution in [0.1, 0.15) is 0 Å². The molecule has 0 aliphatic carbocycles. The predicted molar refractivity (Wildman–Crippen MR) is 25.3 cm³/mol. The first-order valence-corrected chi connectivity index (χ1v) is 1.55. The summed E-state index contributed by atoms with van der Waals surface area (Å²) in [6, 6.07) is 0. The molecule has 0 aromatic heterocycles. The third kappa shape index (κ3) is 12.1. The van der Waals surface area contributed by atoms with E-state index in [-0.39, 0.29) is 0 Å². The van der Waals surface area contributed by atoms with Crippen LogP contribution in [-0.4, -0.2) is 14.0 Å². The Morgan fingerprint density at radius 3 is 0.750 bits per heavy atom. The van der Waals surface area contributed by atoms with Crippen molar-refractivity contribution in [2.75, 3.05) is 0 Å². The van der Waals surface area contributed by atoms with Gasteiger partial charge in [-0.2, -0.15) is 0 Å². The van der Waals surface area contributed by atoms with E-state index in [4.69, 9.17) is 0 Å². The Labute approximate surface area is 32.0 Å². The molecular formula is B2P2. The SMILES string of the molecule is B#P.B#P. The van der Waals surface area contributed by atoms with Crippen LogP contribution in [0.3, 0.4) is 0 Å². The Morgan fingerprint density at radius 2 is 0.750 bits per heavy atom. The summed E-state index contributed by atoms with van der Waals surface area (Å²) in [5.74, 6) is 0. The Morgan fingerprint density at radius 1 is 0.750 bits per heavy atom. The van der Waals surface area contributed by atoms with Gasteiger partial charge in [0.25, 0.3) is 0 Å². The van der Waals surface area contributed by atoms with Gasteiger partial charge in [-0.15, -0.1) is 0 Å². The Kier molecular flexibility index (Phi) is 80.9. The fourth-order valence-electron chi connectivity index (χ4n) is 0. The fourth-order valence-corrected chi connectivity index (χ4v) is 0. The van der Waals surface area contributed by atoms with Gasteiger partial charge in [0.1, 0.15) is 0 Å². The molecule has 0 atom stereocenters. The van der Waals surface area contributed by atoms with E-state index in [1.165, 1.54) is 0 Å². The van der Waals surface area contributed by atoms with Gasteiger partial charge >= 0.3 is 31.1 Å². The average molecular weight is 83.6 g/mol. The van der Waals surface area contributed by atoms with Gasteiger partial charge in [-0.25, -0.2) is 0 Å². The predicted octanol–water partition coefficient (Wildman–Crippen LogP) is 0.961. The summed E-state index contributed by atoms with van der Waals surface area (Å²) in [7, 11) is 14.4. The Hall–Kier alpha value is 0.990. The fraction of sp³-hybridized carbons (Fsp3) is 0. The van der Waals surface area contributed by atoms with Crippen molar-refractivity contribution < 1.29 is 0 Å². The van der Waals surface area contributed by atoms with E-state index in [9.17, 15) is 0 Å². The third-order valence-electron chi connectivity index (χ3n) is 0. The molecule has 0 aromatic rings. The molecule has 0 radical (unpaired) electrons. The summed E-state index contributed by atoms with van der Waals surface area (Å²) in [6.45, 7) is 0. The summed E-state index contributed by atoms with van der Waals surface area (Å²) < 4.78 is 0. The molecule has 0 fully saturated rings. The van der Waals surface area contributed by atoms with Gasteiger partial charge in [-0.3, -0.25) is 0 Å². The van der Waals surface area contributed by atoms with Gasteiger partial charge in [0.15, 0.2) is 0 Å². The molecule has 0 bridgehead atoms. The van der Waals surface area contributed by atoms with Crippen LogP contribution in [0.2, 0.25) is 0 Å². The first-order chi connectivity index (χ1) is 2.00. The van der Waals surface area contributed by atoms with E-state index in [0.717, 1.165) is 0 Å². The summed E-state index contributed by atoms with van der Waals surface area (Å²) >= 11 is 0. The van der Waals surface area contributed by atoms with E-state index in [2.05, 4.69) is 31.1 Å². The number of hydrogen-bond donors (Lipinski definition) is 0. The van der Waals surface area contributed by atoms with Crippen LogP contribution in [-0.2, 0) is 0 Å². The molecule has 0 aromatic carbocycles. The minimum absolute atomic E-state index is 3.03. The zero-order chi connectivity index (χ0) is 4.00. The van der Waals surface area contributed by atoms with Crippen LogP contribution in [0, 0.1) is 0 Å². The van der Waals surface area contributed by atoms with E-state index >= 15 is 0 Å². The molecule has 0 heterocycles. The van der Waals surface area contributed by atoms with Crippen molar-refractivity contribution in [2.45, 2.75) is 0 Å². The van der Waals surface area contributed by atoms with E-state index in [0.29, 0.717) is 0 Å². The van der Waals surface area contributed by atoms with Gasteiger partial charge in [-0.05, 0) is 0 Å². The topological polar surface area (TPSA) is 0 Å². The van der Waals surface area contributed by atoms with Crippen LogP contribution in [0.25, 0.3) is 0 Å². The van der Waals surface area contributed by atoms with Crippen molar-refractivity contribution in [3.8, 4) is 0 Å². The van der Waals surface area contributed by atoms with Gasteiger partial charge < -0.3 is 0 Å². The molecule has 0 saturated heterocycles. The van der Waals surface area contributed by atoms with E-state index in [1.807, 2.05) is 0 Å². The molecule has 0 saturated carbocycles. The van der Waals surface area contributed by atoms with Crippen LogP contribution in [0.5, 0.6) is 0 Å². The Bertz CT molecular complexity index is 19.5. The first-order valence-electron chi connectivity index (χ1n) is 0.516. The van der Waals surface area contributed by atoms with Crippen molar-refractivity contribution in [2.24, 2.45) is 0 Å². The maximum absolute atomic E-state index is 4.19. The van der Waals surface area contributed by atoms with Crippen LogP contribution >= 0.6 is 17.1 Å². The van der Waals surface area contributed by atoms with Gasteiger partial charge in [0.05, 0.1) is 0 Å². The molecule has 4 heavy (non-hydrogen) atoms. The molecule has 16 valence electrons. The normalized spacial score (nSPS) is 2.50. The molecule has 4 heteroatoms. The van der Waals surface area contributed by atoms with Crippen molar-refractivity contribution in [1.29, 1.82) is 0 Å². The zero-order valence-electron chi connectivity index (χ0n) is 2.05. The van der Waals surface area contributed by atoms with Crippen molar-refractivity contribution >= 4 is 31.1 Å². The van der Waals surface area contributed by atoms with E-state index in [1.54, 1.807) is 0 Å². The average Bonchev–Trinajstić information content (AvgIpc) is 1.50. The van der Waals surface area contributed by atoms with Crippen molar-refractivity contribution in [3.05, 3.63) is 0 Å². The summed E-state index contributed by atoms with van der Waals surface area (Å²) in [5, 5.41) is 0. The molecule has 0 unspecified atom stereocenters. The van der Waals surface area contributed by atoms with Crippen molar-refractivity contribution in [3.63, 3.8) is 0 Å². The molecule has 0 amide bonds. The third-order valence-corrected chi connectivity index (χ3v) is 0. The first kappa shape index (κ1) is 8.89. The minimum atomic E-state index is 3.03. The monoisotopic (exact) mass is 84.0 g/mol. The molecular weight excluding hydrogens is 83.6 g/mol. The van der Waals surface area contributed by atoms with Crippen LogP contribution in [0.15, 0.2) is 0 Å². The van der Waals surface area contributed by atoms with Gasteiger partial charge in [0, 0.05) is 0 Å². The molecule has 0 aliphatic rings. The molecule has 0 spiro atoms. The summed E-state index contributed by atoms with van der Waals surface area (Å²) in [6.07, 6.45) is 0. The maximum atomic E-state index is 4.19. The second-order valence-electron chi connectivity index (χ2n) is 0. The zero-order valence-corrected chi connectivity index (χ0v) is 3.84. The second-order valence-corrected chi connectivity index (χ2v) is 0. The number of hydrogen-bond acceptors (Lipinski definition) is 0. The second kappa shape index (κ2) is 36.4. The van der Waals surface area contributed by atoms with Crippen molar-refractivity contribution in [1.82, 2.24) is 0 Å². The summed E-state index contributed by atoms with van der Waals surface area (Å²) in [4.78, 5) is 0. The van der Waals surface area contributed by atoms with Gasteiger partial charge in [-0.1, -0.05) is 0 Å². The Balaban J connectivity index is 0. The van der Waals surface area contributed by atoms with Gasteiger partial charge in [0.2, 0.25) is 0 Å². The number of rotatable bonds is 0. The molecule has 0 N–H and O–H groups in total. The van der Waals surface area contributed by atoms with Crippen LogP contribution in [0.4, 0.5) is 0 Å². The quantitative estimate of drug-likeness (QED) is 0.302. The van der Waals surface area contributed by atoms with Crippen LogP contribution < -0.4 is 0 Å². The molecule has 0 aliphatic heterocycles. The van der Waals surface area contributed by atoms with E-state index < -0.39 is 0 Å². The molecule has 0 nitrogen and oxygen atoms in total. The summed E-state index contributed by atoms with van der Waals surface area (Å²) in [5.41, 5.74) is 0.